The Bertz CT molecular complexity index is 642. The van der Waals surface area contributed by atoms with Crippen LogP contribution in [0.2, 0.25) is 0 Å². The summed E-state index contributed by atoms with van der Waals surface area (Å²) in [5.74, 6) is -0.653. The van der Waals surface area contributed by atoms with Crippen molar-refractivity contribution < 1.29 is 15.0 Å². The molecule has 2 rings (SSSR count). The number of aromatic nitrogens is 1. The molecule has 16 heavy (non-hydrogen) atoms. The van der Waals surface area contributed by atoms with Crippen LogP contribution in [0.15, 0.2) is 16.9 Å². The molecule has 82 valence electrons. The number of H-pyrrole nitrogens is 1. The minimum atomic E-state index is -0.509. The van der Waals surface area contributed by atoms with E-state index in [9.17, 15) is 19.8 Å². The van der Waals surface area contributed by atoms with Gasteiger partial charge in [0, 0.05) is 16.5 Å². The quantitative estimate of drug-likeness (QED) is 0.494. The van der Waals surface area contributed by atoms with Gasteiger partial charge in [-0.15, -0.1) is 0 Å². The van der Waals surface area contributed by atoms with E-state index in [1.54, 1.807) is 6.92 Å². The van der Waals surface area contributed by atoms with Gasteiger partial charge in [-0.05, 0) is 19.1 Å². The fourth-order valence-corrected chi connectivity index (χ4v) is 1.65. The molecule has 3 N–H and O–H groups in total. The van der Waals surface area contributed by atoms with Crippen LogP contribution in [0, 0.1) is 6.92 Å². The van der Waals surface area contributed by atoms with Crippen molar-refractivity contribution in [2.24, 2.45) is 0 Å². The summed E-state index contributed by atoms with van der Waals surface area (Å²) in [5.41, 5.74) is -0.0399. The highest BCUT2D eigenvalue weighted by Gasteiger charge is 2.11. The molecule has 0 unspecified atom stereocenters. The largest absolute Gasteiger partial charge is 0.504 e. The number of aromatic hydroxyl groups is 2. The zero-order valence-electron chi connectivity index (χ0n) is 8.44. The number of nitrogens with one attached hydrogen (secondary N) is 1. The highest BCUT2D eigenvalue weighted by Crippen LogP contribution is 2.31. The number of hydrogen-bond acceptors (Lipinski definition) is 4. The molecular formula is C11H9NO4. The molecule has 5 nitrogen and oxygen atoms in total. The first-order valence-electron chi connectivity index (χ1n) is 4.58. The van der Waals surface area contributed by atoms with Crippen molar-refractivity contribution in [3.8, 4) is 11.5 Å². The highest BCUT2D eigenvalue weighted by atomic mass is 16.3. The van der Waals surface area contributed by atoms with Crippen LogP contribution in [0.5, 0.6) is 11.5 Å². The smallest absolute Gasteiger partial charge is 0.259 e. The van der Waals surface area contributed by atoms with Crippen LogP contribution in [0.3, 0.4) is 0 Å². The predicted octanol–water partition coefficient (Wildman–Crippen LogP) is 1.06. The lowest BCUT2D eigenvalue weighted by Gasteiger charge is -2.06. The topological polar surface area (TPSA) is 90.4 Å². The Morgan fingerprint density at radius 2 is 1.75 bits per heavy atom. The molecule has 0 aliphatic heterocycles. The van der Waals surface area contributed by atoms with E-state index in [1.807, 2.05) is 0 Å². The minimum absolute atomic E-state index is 0.0594. The number of phenolic OH excluding ortho intramolecular Hbond substituents is 2. The van der Waals surface area contributed by atoms with Crippen LogP contribution in [-0.4, -0.2) is 21.5 Å². The number of aldehydes is 1. The van der Waals surface area contributed by atoms with E-state index >= 15 is 0 Å². The predicted molar refractivity (Wildman–Crippen MR) is 58.0 cm³/mol. The third-order valence-corrected chi connectivity index (χ3v) is 2.47. The summed E-state index contributed by atoms with van der Waals surface area (Å²) < 4.78 is 0. The molecule has 0 bridgehead atoms. The lowest BCUT2D eigenvalue weighted by molar-refractivity contribution is 0.112. The second-order valence-electron chi connectivity index (χ2n) is 3.50. The molecule has 0 spiro atoms. The first-order valence-corrected chi connectivity index (χ1v) is 4.58. The van der Waals surface area contributed by atoms with Gasteiger partial charge < -0.3 is 15.2 Å². The van der Waals surface area contributed by atoms with E-state index in [0.717, 1.165) is 0 Å². The van der Waals surface area contributed by atoms with Crippen molar-refractivity contribution in [2.75, 3.05) is 0 Å². The molecule has 2 aromatic rings. The molecule has 0 radical (unpaired) electrons. The number of carbonyl (C=O) groups is 1. The Morgan fingerprint density at radius 1 is 1.19 bits per heavy atom. The van der Waals surface area contributed by atoms with Crippen LogP contribution < -0.4 is 5.56 Å². The maximum Gasteiger partial charge on any atom is 0.259 e. The van der Waals surface area contributed by atoms with Crippen LogP contribution in [0.25, 0.3) is 10.8 Å². The number of pyridine rings is 1. The lowest BCUT2D eigenvalue weighted by atomic mass is 10.0. The fraction of sp³-hybridized carbons (Fsp3) is 0.0909. The van der Waals surface area contributed by atoms with Crippen molar-refractivity contribution >= 4 is 17.1 Å². The van der Waals surface area contributed by atoms with Gasteiger partial charge in [0.2, 0.25) is 0 Å². The number of rotatable bonds is 1. The van der Waals surface area contributed by atoms with Crippen LogP contribution in [0.1, 0.15) is 16.1 Å². The van der Waals surface area contributed by atoms with Gasteiger partial charge >= 0.3 is 0 Å². The van der Waals surface area contributed by atoms with Gasteiger partial charge in [-0.1, -0.05) is 0 Å². The molecule has 0 amide bonds. The number of phenols is 2. The maximum atomic E-state index is 11.5. The average Bonchev–Trinajstić information content (AvgIpc) is 2.22. The Labute approximate surface area is 90.0 Å². The Balaban J connectivity index is 3.06. The molecule has 0 saturated heterocycles. The summed E-state index contributed by atoms with van der Waals surface area (Å²) in [6.45, 7) is 1.65. The van der Waals surface area contributed by atoms with Gasteiger partial charge in [0.05, 0.1) is 5.56 Å². The van der Waals surface area contributed by atoms with Crippen molar-refractivity contribution in [2.45, 2.75) is 6.92 Å². The summed E-state index contributed by atoms with van der Waals surface area (Å²) in [7, 11) is 0. The molecule has 0 saturated carbocycles. The van der Waals surface area contributed by atoms with E-state index < -0.39 is 5.56 Å². The van der Waals surface area contributed by atoms with Crippen molar-refractivity contribution in [3.63, 3.8) is 0 Å². The van der Waals surface area contributed by atoms with E-state index in [-0.39, 0.29) is 17.1 Å². The zero-order valence-corrected chi connectivity index (χ0v) is 8.44. The molecule has 0 aliphatic rings. The lowest BCUT2D eigenvalue weighted by Crippen LogP contribution is -2.13. The first-order chi connectivity index (χ1) is 7.54. The van der Waals surface area contributed by atoms with E-state index in [1.165, 1.54) is 12.1 Å². The fourth-order valence-electron chi connectivity index (χ4n) is 1.65. The maximum absolute atomic E-state index is 11.5. The van der Waals surface area contributed by atoms with Gasteiger partial charge in [-0.25, -0.2) is 0 Å². The van der Waals surface area contributed by atoms with Gasteiger partial charge in [-0.3, -0.25) is 9.59 Å². The SMILES string of the molecule is Cc1[nH]c(=O)c(C=O)c2cc(O)c(O)cc12. The number of benzene rings is 1. The van der Waals surface area contributed by atoms with Crippen LogP contribution in [0.4, 0.5) is 0 Å². The van der Waals surface area contributed by atoms with Crippen molar-refractivity contribution in [3.05, 3.63) is 33.7 Å². The van der Waals surface area contributed by atoms with Gasteiger partial charge in [-0.2, -0.15) is 0 Å². The van der Waals surface area contributed by atoms with Gasteiger partial charge in [0.25, 0.3) is 5.56 Å². The molecule has 5 heteroatoms. The minimum Gasteiger partial charge on any atom is -0.504 e. The molecule has 1 aromatic heterocycles. The summed E-state index contributed by atoms with van der Waals surface area (Å²) in [4.78, 5) is 24.7. The van der Waals surface area contributed by atoms with Gasteiger partial charge in [0.15, 0.2) is 17.8 Å². The Kier molecular flexibility index (Phi) is 2.16. The number of carbonyl (C=O) groups excluding carboxylic acids is 1. The average molecular weight is 219 g/mol. The summed E-state index contributed by atoms with van der Waals surface area (Å²) in [6.07, 6.45) is 0.428. The standard InChI is InChI=1S/C11H9NO4/c1-5-6-2-9(14)10(15)3-7(6)8(4-13)11(16)12-5/h2-4,14-15H,1H3,(H,12,16). The second kappa shape index (κ2) is 3.37. The third kappa shape index (κ3) is 1.33. The molecule has 1 heterocycles. The monoisotopic (exact) mass is 219 g/mol. The molecule has 0 aliphatic carbocycles. The normalized spacial score (nSPS) is 10.6. The first kappa shape index (κ1) is 10.2. The van der Waals surface area contributed by atoms with Crippen molar-refractivity contribution in [1.82, 2.24) is 4.98 Å². The van der Waals surface area contributed by atoms with Gasteiger partial charge in [0.1, 0.15) is 0 Å². The van der Waals surface area contributed by atoms with E-state index in [0.29, 0.717) is 22.8 Å². The van der Waals surface area contributed by atoms with Crippen molar-refractivity contribution in [1.29, 1.82) is 0 Å². The number of hydrogen-bond donors (Lipinski definition) is 3. The highest BCUT2D eigenvalue weighted by molar-refractivity contribution is 5.99. The van der Waals surface area contributed by atoms with Crippen LogP contribution >= 0.6 is 0 Å². The Morgan fingerprint density at radius 3 is 2.31 bits per heavy atom. The molecule has 0 fully saturated rings. The molecule has 0 atom stereocenters. The second-order valence-corrected chi connectivity index (χ2v) is 3.50. The molecule has 1 aromatic carbocycles. The number of fused-ring (bicyclic) bond motifs is 1. The summed E-state index contributed by atoms with van der Waals surface area (Å²) >= 11 is 0. The number of aryl methyl sites for hydroxylation is 1. The van der Waals surface area contributed by atoms with E-state index in [4.69, 9.17) is 0 Å². The summed E-state index contributed by atoms with van der Waals surface area (Å²) in [5, 5.41) is 19.5. The number of aromatic amines is 1. The molecular weight excluding hydrogens is 210 g/mol. The third-order valence-electron chi connectivity index (χ3n) is 2.47. The van der Waals surface area contributed by atoms with Crippen LogP contribution in [-0.2, 0) is 0 Å². The van der Waals surface area contributed by atoms with E-state index in [2.05, 4.69) is 4.98 Å². The Hall–Kier alpha value is -2.30. The zero-order chi connectivity index (χ0) is 11.9. The summed E-state index contributed by atoms with van der Waals surface area (Å²) in [6, 6.07) is 2.51.